The zero-order valence-corrected chi connectivity index (χ0v) is 19.1. The summed E-state index contributed by atoms with van der Waals surface area (Å²) in [7, 11) is 0. The molecule has 3 rings (SSSR count). The maximum Gasteiger partial charge on any atom is 0.265 e. The number of amides is 1. The van der Waals surface area contributed by atoms with Crippen molar-refractivity contribution in [3.63, 3.8) is 0 Å². The summed E-state index contributed by atoms with van der Waals surface area (Å²) >= 11 is 0. The Hall–Kier alpha value is -3.47. The number of hydrogen-bond acceptors (Lipinski definition) is 4. The van der Waals surface area contributed by atoms with Crippen molar-refractivity contribution in [3.05, 3.63) is 84.4 Å². The van der Waals surface area contributed by atoms with Gasteiger partial charge in [0.2, 0.25) is 0 Å². The Labute approximate surface area is 190 Å². The molecule has 0 bridgehead atoms. The molecule has 0 heterocycles. The monoisotopic (exact) mass is 433 g/mol. The molecule has 0 saturated carbocycles. The topological polar surface area (TPSA) is 56.8 Å². The van der Waals surface area contributed by atoms with Crippen LogP contribution in [0.1, 0.15) is 33.3 Å². The molecule has 0 saturated heterocycles. The van der Waals surface area contributed by atoms with Crippen LogP contribution in [0.25, 0.3) is 0 Å². The third-order valence-corrected chi connectivity index (χ3v) is 4.90. The smallest absolute Gasteiger partial charge is 0.265 e. The molecule has 0 spiro atoms. The number of para-hydroxylation sites is 3. The number of rotatable bonds is 9. The molecule has 0 aliphatic rings. The minimum absolute atomic E-state index is 0.0668. The van der Waals surface area contributed by atoms with E-state index in [2.05, 4.69) is 26.1 Å². The maximum atomic E-state index is 12.7. The van der Waals surface area contributed by atoms with Crippen molar-refractivity contribution in [3.8, 4) is 17.2 Å². The highest BCUT2D eigenvalue weighted by atomic mass is 16.5. The van der Waals surface area contributed by atoms with Gasteiger partial charge in [-0.1, -0.05) is 63.2 Å². The lowest BCUT2D eigenvalue weighted by atomic mass is 9.87. The summed E-state index contributed by atoms with van der Waals surface area (Å²) in [5, 5.41) is 2.90. The van der Waals surface area contributed by atoms with Gasteiger partial charge in [-0.25, -0.2) is 0 Å². The van der Waals surface area contributed by atoms with Crippen LogP contribution in [0.4, 0.5) is 5.69 Å². The lowest BCUT2D eigenvalue weighted by Gasteiger charge is -2.20. The molecular formula is C27H31NO4. The van der Waals surface area contributed by atoms with Crippen LogP contribution in [-0.2, 0) is 10.2 Å². The van der Waals surface area contributed by atoms with E-state index < -0.39 is 6.10 Å². The van der Waals surface area contributed by atoms with Gasteiger partial charge in [-0.05, 0) is 54.3 Å². The second-order valence-electron chi connectivity index (χ2n) is 8.53. The highest BCUT2D eigenvalue weighted by Gasteiger charge is 2.18. The number of nitrogens with one attached hydrogen (secondary N) is 1. The molecule has 0 radical (unpaired) electrons. The van der Waals surface area contributed by atoms with E-state index >= 15 is 0 Å². The van der Waals surface area contributed by atoms with Crippen LogP contribution in [0.5, 0.6) is 17.2 Å². The summed E-state index contributed by atoms with van der Waals surface area (Å²) in [5.74, 6) is 1.78. The second kappa shape index (κ2) is 10.7. The lowest BCUT2D eigenvalue weighted by Crippen LogP contribution is -2.30. The van der Waals surface area contributed by atoms with E-state index in [9.17, 15) is 4.79 Å². The van der Waals surface area contributed by atoms with Gasteiger partial charge in [0.1, 0.15) is 30.5 Å². The van der Waals surface area contributed by atoms with Crippen LogP contribution in [0.3, 0.4) is 0 Å². The third kappa shape index (κ3) is 6.77. The summed E-state index contributed by atoms with van der Waals surface area (Å²) < 4.78 is 17.3. The third-order valence-electron chi connectivity index (χ3n) is 4.90. The number of carbonyl (C=O) groups excluding carboxylic acids is 1. The molecule has 0 fully saturated rings. The van der Waals surface area contributed by atoms with Gasteiger partial charge in [0, 0.05) is 0 Å². The molecule has 1 atom stereocenters. The van der Waals surface area contributed by atoms with E-state index in [1.165, 1.54) is 5.56 Å². The Morgan fingerprint density at radius 1 is 0.812 bits per heavy atom. The largest absolute Gasteiger partial charge is 0.490 e. The molecule has 168 valence electrons. The van der Waals surface area contributed by atoms with Gasteiger partial charge in [-0.15, -0.1) is 0 Å². The minimum Gasteiger partial charge on any atom is -0.490 e. The van der Waals surface area contributed by atoms with E-state index in [0.29, 0.717) is 30.4 Å². The first-order valence-electron chi connectivity index (χ1n) is 10.8. The van der Waals surface area contributed by atoms with Crippen LogP contribution in [0.2, 0.25) is 0 Å². The van der Waals surface area contributed by atoms with Crippen LogP contribution < -0.4 is 19.5 Å². The van der Waals surface area contributed by atoms with Crippen molar-refractivity contribution in [1.29, 1.82) is 0 Å². The van der Waals surface area contributed by atoms with Gasteiger partial charge < -0.3 is 19.5 Å². The fourth-order valence-electron chi connectivity index (χ4n) is 3.05. The zero-order valence-electron chi connectivity index (χ0n) is 19.1. The maximum absolute atomic E-state index is 12.7. The van der Waals surface area contributed by atoms with Crippen LogP contribution in [0.15, 0.2) is 78.9 Å². The highest BCUT2D eigenvalue weighted by molar-refractivity contribution is 5.95. The average Bonchev–Trinajstić information content (AvgIpc) is 2.78. The summed E-state index contributed by atoms with van der Waals surface area (Å²) in [6.45, 7) is 8.96. The zero-order chi connectivity index (χ0) is 23.0. The molecule has 32 heavy (non-hydrogen) atoms. The van der Waals surface area contributed by atoms with E-state index in [1.54, 1.807) is 13.0 Å². The molecule has 3 aromatic rings. The van der Waals surface area contributed by atoms with Gasteiger partial charge >= 0.3 is 0 Å². The molecule has 5 heteroatoms. The SMILES string of the molecule is CC(Oc1ccc(C(C)(C)C)cc1)C(=O)Nc1ccccc1OCCOc1ccccc1. The second-order valence-corrected chi connectivity index (χ2v) is 8.53. The molecule has 5 nitrogen and oxygen atoms in total. The molecule has 0 aliphatic heterocycles. The van der Waals surface area contributed by atoms with Crippen LogP contribution in [0, 0.1) is 0 Å². The molecule has 0 aromatic heterocycles. The van der Waals surface area contributed by atoms with Crippen molar-refractivity contribution >= 4 is 11.6 Å². The minimum atomic E-state index is -0.662. The van der Waals surface area contributed by atoms with Crippen molar-refractivity contribution in [2.45, 2.75) is 39.2 Å². The van der Waals surface area contributed by atoms with Gasteiger partial charge in [-0.2, -0.15) is 0 Å². The normalized spacial score (nSPS) is 12.0. The molecule has 1 N–H and O–H groups in total. The first kappa shape index (κ1) is 23.2. The summed E-state index contributed by atoms with van der Waals surface area (Å²) in [6, 6.07) is 24.7. The fourth-order valence-corrected chi connectivity index (χ4v) is 3.05. The van der Waals surface area contributed by atoms with Crippen molar-refractivity contribution < 1.29 is 19.0 Å². The van der Waals surface area contributed by atoms with E-state index in [-0.39, 0.29) is 11.3 Å². The highest BCUT2D eigenvalue weighted by Crippen LogP contribution is 2.26. The molecule has 1 unspecified atom stereocenters. The Balaban J connectivity index is 1.53. The number of hydrogen-bond donors (Lipinski definition) is 1. The number of ether oxygens (including phenoxy) is 3. The standard InChI is InChI=1S/C27H31NO4/c1-20(32-23-16-14-21(15-17-23)27(2,3)4)26(29)28-24-12-8-9-13-25(24)31-19-18-30-22-10-6-5-7-11-22/h5-17,20H,18-19H2,1-4H3,(H,28,29). The first-order chi connectivity index (χ1) is 15.3. The van der Waals surface area contributed by atoms with Crippen molar-refractivity contribution in [2.24, 2.45) is 0 Å². The fraction of sp³-hybridized carbons (Fsp3) is 0.296. The number of carbonyl (C=O) groups is 1. The number of anilines is 1. The van der Waals surface area contributed by atoms with Gasteiger partial charge in [-0.3, -0.25) is 4.79 Å². The lowest BCUT2D eigenvalue weighted by molar-refractivity contribution is -0.122. The number of benzene rings is 3. The summed E-state index contributed by atoms with van der Waals surface area (Å²) in [6.07, 6.45) is -0.662. The molecule has 1 amide bonds. The summed E-state index contributed by atoms with van der Waals surface area (Å²) in [5.41, 5.74) is 1.87. The Bertz CT molecular complexity index is 994. The van der Waals surface area contributed by atoms with E-state index in [1.807, 2.05) is 72.8 Å². The Kier molecular flexibility index (Phi) is 7.77. The van der Waals surface area contributed by atoms with Crippen LogP contribution >= 0.6 is 0 Å². The first-order valence-corrected chi connectivity index (χ1v) is 10.8. The average molecular weight is 434 g/mol. The quantitative estimate of drug-likeness (QED) is 0.430. The van der Waals surface area contributed by atoms with Crippen LogP contribution in [-0.4, -0.2) is 25.2 Å². The van der Waals surface area contributed by atoms with E-state index in [4.69, 9.17) is 14.2 Å². The van der Waals surface area contributed by atoms with E-state index in [0.717, 1.165) is 5.75 Å². The molecule has 0 aliphatic carbocycles. The summed E-state index contributed by atoms with van der Waals surface area (Å²) in [4.78, 5) is 12.7. The predicted octanol–water partition coefficient (Wildman–Crippen LogP) is 5.85. The van der Waals surface area contributed by atoms with Gasteiger partial charge in [0.25, 0.3) is 5.91 Å². The van der Waals surface area contributed by atoms with Gasteiger partial charge in [0.05, 0.1) is 5.69 Å². The van der Waals surface area contributed by atoms with Crippen molar-refractivity contribution in [1.82, 2.24) is 0 Å². The Morgan fingerprint density at radius 3 is 2.12 bits per heavy atom. The Morgan fingerprint density at radius 2 is 1.44 bits per heavy atom. The predicted molar refractivity (Wildman–Crippen MR) is 128 cm³/mol. The van der Waals surface area contributed by atoms with Gasteiger partial charge in [0.15, 0.2) is 6.10 Å². The molecular weight excluding hydrogens is 402 g/mol. The molecule has 3 aromatic carbocycles. The van der Waals surface area contributed by atoms with Crippen molar-refractivity contribution in [2.75, 3.05) is 18.5 Å².